The van der Waals surface area contributed by atoms with Gasteiger partial charge in [-0.15, -0.1) is 0 Å². The molecule has 2 aromatic rings. The van der Waals surface area contributed by atoms with Crippen LogP contribution in [0.1, 0.15) is 30.7 Å². The molecule has 0 amide bonds. The number of hydrogen-bond acceptors (Lipinski definition) is 1. The molecule has 0 saturated heterocycles. The van der Waals surface area contributed by atoms with Crippen LogP contribution >= 0.6 is 15.9 Å². The van der Waals surface area contributed by atoms with Crippen molar-refractivity contribution < 1.29 is 0 Å². The zero-order chi connectivity index (χ0) is 11.0. The second kappa shape index (κ2) is 4.17. The van der Waals surface area contributed by atoms with Crippen LogP contribution in [0.5, 0.6) is 0 Å². The smallest absolute Gasteiger partial charge is 0.0349 e. The van der Waals surface area contributed by atoms with Crippen LogP contribution in [0.15, 0.2) is 36.7 Å². The molecule has 1 aliphatic rings. The minimum atomic E-state index is 0.637. The Morgan fingerprint density at radius 1 is 1.19 bits per heavy atom. The summed E-state index contributed by atoms with van der Waals surface area (Å²) in [4.78, 5) is 4.89. The van der Waals surface area contributed by atoms with Gasteiger partial charge in [-0.3, -0.25) is 4.98 Å². The molecule has 0 N–H and O–H groups in total. The average molecular weight is 276 g/mol. The second-order valence-corrected chi connectivity index (χ2v) is 5.67. The zero-order valence-corrected chi connectivity index (χ0v) is 10.7. The number of alkyl halides is 1. The van der Waals surface area contributed by atoms with Crippen molar-refractivity contribution in [1.29, 1.82) is 0 Å². The SMILES string of the molecule is BrC1CCCC1c1cccc2ccncc12. The molecule has 82 valence electrons. The van der Waals surface area contributed by atoms with Crippen molar-refractivity contribution in [1.82, 2.24) is 4.98 Å². The molecule has 16 heavy (non-hydrogen) atoms. The minimum absolute atomic E-state index is 0.637. The summed E-state index contributed by atoms with van der Waals surface area (Å²) < 4.78 is 0. The lowest BCUT2D eigenvalue weighted by Crippen LogP contribution is -2.04. The highest BCUT2D eigenvalue weighted by molar-refractivity contribution is 9.09. The molecule has 0 bridgehead atoms. The number of aromatic nitrogens is 1. The molecule has 0 aliphatic heterocycles. The number of hydrogen-bond donors (Lipinski definition) is 0. The van der Waals surface area contributed by atoms with Crippen LogP contribution in [0.4, 0.5) is 0 Å². The van der Waals surface area contributed by atoms with E-state index in [9.17, 15) is 0 Å². The van der Waals surface area contributed by atoms with Crippen LogP contribution in [0, 0.1) is 0 Å². The first-order valence-electron chi connectivity index (χ1n) is 5.83. The molecule has 0 radical (unpaired) electrons. The van der Waals surface area contributed by atoms with E-state index < -0.39 is 0 Å². The molecule has 2 unspecified atom stereocenters. The summed E-state index contributed by atoms with van der Waals surface area (Å²) in [6, 6.07) is 8.68. The molecule has 2 heteroatoms. The van der Waals surface area contributed by atoms with Gasteiger partial charge in [0.2, 0.25) is 0 Å². The van der Waals surface area contributed by atoms with Gasteiger partial charge in [-0.2, -0.15) is 0 Å². The first-order chi connectivity index (χ1) is 7.86. The third-order valence-electron chi connectivity index (χ3n) is 3.55. The van der Waals surface area contributed by atoms with Crippen LogP contribution in [0.3, 0.4) is 0 Å². The number of fused-ring (bicyclic) bond motifs is 1. The van der Waals surface area contributed by atoms with Crippen LogP contribution in [0.2, 0.25) is 0 Å². The highest BCUT2D eigenvalue weighted by Crippen LogP contribution is 2.41. The van der Waals surface area contributed by atoms with Crippen molar-refractivity contribution in [3.05, 3.63) is 42.2 Å². The van der Waals surface area contributed by atoms with Gasteiger partial charge < -0.3 is 0 Å². The summed E-state index contributed by atoms with van der Waals surface area (Å²) in [6.07, 6.45) is 7.79. The molecule has 1 fully saturated rings. The summed E-state index contributed by atoms with van der Waals surface area (Å²) in [5, 5.41) is 2.63. The van der Waals surface area contributed by atoms with E-state index in [-0.39, 0.29) is 0 Å². The highest BCUT2D eigenvalue weighted by atomic mass is 79.9. The maximum Gasteiger partial charge on any atom is 0.0349 e. The quantitative estimate of drug-likeness (QED) is 0.709. The summed E-state index contributed by atoms with van der Waals surface area (Å²) in [7, 11) is 0. The minimum Gasteiger partial charge on any atom is -0.264 e. The number of pyridine rings is 1. The fourth-order valence-corrected chi connectivity index (χ4v) is 3.60. The summed E-state index contributed by atoms with van der Waals surface area (Å²) in [5.74, 6) is 0.660. The molecule has 3 rings (SSSR count). The van der Waals surface area contributed by atoms with Crippen molar-refractivity contribution in [3.8, 4) is 0 Å². The Kier molecular flexibility index (Phi) is 2.68. The predicted octanol–water partition coefficient (Wildman–Crippen LogP) is 4.27. The monoisotopic (exact) mass is 275 g/mol. The first-order valence-corrected chi connectivity index (χ1v) is 6.74. The Bertz CT molecular complexity index is 504. The lowest BCUT2D eigenvalue weighted by atomic mass is 9.93. The van der Waals surface area contributed by atoms with Gasteiger partial charge in [-0.1, -0.05) is 40.5 Å². The Hall–Kier alpha value is -0.890. The van der Waals surface area contributed by atoms with E-state index in [0.29, 0.717) is 10.7 Å². The fourth-order valence-electron chi connectivity index (χ4n) is 2.73. The van der Waals surface area contributed by atoms with Gasteiger partial charge in [0.25, 0.3) is 0 Å². The van der Waals surface area contributed by atoms with Gasteiger partial charge in [0.1, 0.15) is 0 Å². The van der Waals surface area contributed by atoms with Crippen LogP contribution in [-0.2, 0) is 0 Å². The van der Waals surface area contributed by atoms with Crippen LogP contribution in [0.25, 0.3) is 10.8 Å². The maximum atomic E-state index is 4.25. The topological polar surface area (TPSA) is 12.9 Å². The number of nitrogens with zero attached hydrogens (tertiary/aromatic N) is 1. The van der Waals surface area contributed by atoms with E-state index >= 15 is 0 Å². The second-order valence-electron chi connectivity index (χ2n) is 4.50. The van der Waals surface area contributed by atoms with Gasteiger partial charge in [-0.25, -0.2) is 0 Å². The van der Waals surface area contributed by atoms with E-state index in [2.05, 4.69) is 45.2 Å². The van der Waals surface area contributed by atoms with E-state index in [0.717, 1.165) is 0 Å². The van der Waals surface area contributed by atoms with Gasteiger partial charge >= 0.3 is 0 Å². The van der Waals surface area contributed by atoms with Crippen molar-refractivity contribution in [2.45, 2.75) is 30.0 Å². The molecule has 1 aromatic carbocycles. The van der Waals surface area contributed by atoms with E-state index in [1.165, 1.54) is 35.6 Å². The number of halogens is 1. The highest BCUT2D eigenvalue weighted by Gasteiger charge is 2.27. The van der Waals surface area contributed by atoms with E-state index in [1.807, 2.05) is 12.4 Å². The normalized spacial score (nSPS) is 25.1. The van der Waals surface area contributed by atoms with Crippen molar-refractivity contribution in [2.75, 3.05) is 0 Å². The van der Waals surface area contributed by atoms with Crippen LogP contribution < -0.4 is 0 Å². The third kappa shape index (κ3) is 1.65. The number of benzene rings is 1. The Morgan fingerprint density at radius 3 is 2.94 bits per heavy atom. The molecule has 1 aliphatic carbocycles. The third-order valence-corrected chi connectivity index (χ3v) is 4.64. The standard InChI is InChI=1S/C14H14BrN/c15-14-6-2-5-12(14)11-4-1-3-10-7-8-16-9-13(10)11/h1,3-4,7-9,12,14H,2,5-6H2. The van der Waals surface area contributed by atoms with Gasteiger partial charge in [-0.05, 0) is 35.8 Å². The molecule has 1 saturated carbocycles. The van der Waals surface area contributed by atoms with Crippen molar-refractivity contribution >= 4 is 26.7 Å². The summed E-state index contributed by atoms with van der Waals surface area (Å²) >= 11 is 3.81. The van der Waals surface area contributed by atoms with Gasteiger partial charge in [0.15, 0.2) is 0 Å². The lowest BCUT2D eigenvalue weighted by Gasteiger charge is -2.16. The molecule has 1 nitrogen and oxygen atoms in total. The van der Waals surface area contributed by atoms with E-state index in [1.54, 1.807) is 0 Å². The van der Waals surface area contributed by atoms with E-state index in [4.69, 9.17) is 0 Å². The van der Waals surface area contributed by atoms with Gasteiger partial charge in [0.05, 0.1) is 0 Å². The molecule has 0 spiro atoms. The molecule has 2 atom stereocenters. The first kappa shape index (κ1) is 10.3. The van der Waals surface area contributed by atoms with Crippen molar-refractivity contribution in [2.24, 2.45) is 0 Å². The molecule has 1 heterocycles. The Balaban J connectivity index is 2.16. The molecular formula is C14H14BrN. The largest absolute Gasteiger partial charge is 0.264 e. The Morgan fingerprint density at radius 2 is 2.12 bits per heavy atom. The lowest BCUT2D eigenvalue weighted by molar-refractivity contribution is 0.749. The van der Waals surface area contributed by atoms with Crippen LogP contribution in [-0.4, -0.2) is 9.81 Å². The molecule has 1 aromatic heterocycles. The predicted molar refractivity (Wildman–Crippen MR) is 71.1 cm³/mol. The molecular weight excluding hydrogens is 262 g/mol. The van der Waals surface area contributed by atoms with Gasteiger partial charge in [0, 0.05) is 22.6 Å². The number of rotatable bonds is 1. The average Bonchev–Trinajstić information content (AvgIpc) is 2.75. The fraction of sp³-hybridized carbons (Fsp3) is 0.357. The van der Waals surface area contributed by atoms with Crippen molar-refractivity contribution in [3.63, 3.8) is 0 Å². The Labute approximate surface area is 104 Å². The maximum absolute atomic E-state index is 4.25. The summed E-state index contributed by atoms with van der Waals surface area (Å²) in [5.41, 5.74) is 1.46. The summed E-state index contributed by atoms with van der Waals surface area (Å²) in [6.45, 7) is 0. The zero-order valence-electron chi connectivity index (χ0n) is 9.07.